The second kappa shape index (κ2) is 7.09. The molecule has 21 heavy (non-hydrogen) atoms. The largest absolute Gasteiger partial charge is 0.390 e. The number of hydrogen-bond donors (Lipinski definition) is 2. The van der Waals surface area contributed by atoms with Crippen LogP contribution in [-0.4, -0.2) is 11.7 Å². The van der Waals surface area contributed by atoms with Crippen molar-refractivity contribution in [2.24, 2.45) is 16.6 Å². The van der Waals surface area contributed by atoms with Crippen molar-refractivity contribution in [3.63, 3.8) is 0 Å². The highest BCUT2D eigenvalue weighted by Crippen LogP contribution is 2.06. The Morgan fingerprint density at radius 2 is 1.62 bits per heavy atom. The van der Waals surface area contributed by atoms with Gasteiger partial charge >= 0.3 is 0 Å². The topological polar surface area (TPSA) is 90.7 Å². The van der Waals surface area contributed by atoms with Crippen molar-refractivity contribution in [3.8, 4) is 0 Å². The molecule has 2 aromatic carbocycles. The van der Waals surface area contributed by atoms with Crippen molar-refractivity contribution < 1.29 is 9.63 Å². The van der Waals surface area contributed by atoms with Gasteiger partial charge in [-0.25, -0.2) is 0 Å². The molecule has 0 bridgehead atoms. The number of amidine groups is 1. The number of benzene rings is 2. The highest BCUT2D eigenvalue weighted by molar-refractivity contribution is 5.92. The lowest BCUT2D eigenvalue weighted by molar-refractivity contribution is 0.1000. The maximum atomic E-state index is 10.9. The van der Waals surface area contributed by atoms with Gasteiger partial charge in [-0.15, -0.1) is 0 Å². The number of primary amides is 1. The van der Waals surface area contributed by atoms with Crippen LogP contribution >= 0.6 is 0 Å². The number of oxime groups is 1. The van der Waals surface area contributed by atoms with Crippen molar-refractivity contribution in [2.45, 2.75) is 13.0 Å². The summed E-state index contributed by atoms with van der Waals surface area (Å²) < 4.78 is 0. The van der Waals surface area contributed by atoms with Crippen LogP contribution in [0.5, 0.6) is 0 Å². The molecule has 0 aliphatic carbocycles. The molecule has 0 aliphatic heterocycles. The Hall–Kier alpha value is -2.82. The van der Waals surface area contributed by atoms with Gasteiger partial charge in [0.25, 0.3) is 0 Å². The molecule has 5 nitrogen and oxygen atoms in total. The average Bonchev–Trinajstić information content (AvgIpc) is 2.49. The fraction of sp³-hybridized carbons (Fsp3) is 0.125. The van der Waals surface area contributed by atoms with E-state index in [1.807, 2.05) is 30.3 Å². The molecular formula is C16H17N3O2. The summed E-state index contributed by atoms with van der Waals surface area (Å²) in [7, 11) is 0. The molecule has 0 saturated heterocycles. The minimum atomic E-state index is -0.451. The maximum Gasteiger partial charge on any atom is 0.248 e. The molecule has 5 heteroatoms. The van der Waals surface area contributed by atoms with Crippen molar-refractivity contribution >= 4 is 11.7 Å². The van der Waals surface area contributed by atoms with Crippen LogP contribution in [-0.2, 0) is 17.9 Å². The molecule has 0 unspecified atom stereocenters. The number of carbonyl (C=O) groups is 1. The molecule has 2 rings (SSSR count). The van der Waals surface area contributed by atoms with Gasteiger partial charge in [0.2, 0.25) is 5.91 Å². The summed E-state index contributed by atoms with van der Waals surface area (Å²) >= 11 is 0. The van der Waals surface area contributed by atoms with Crippen LogP contribution in [0.15, 0.2) is 59.8 Å². The van der Waals surface area contributed by atoms with E-state index in [0.717, 1.165) is 11.1 Å². The van der Waals surface area contributed by atoms with Gasteiger partial charge in [-0.3, -0.25) is 4.79 Å². The van der Waals surface area contributed by atoms with Gasteiger partial charge in [-0.2, -0.15) is 0 Å². The predicted molar refractivity (Wildman–Crippen MR) is 81.5 cm³/mol. The van der Waals surface area contributed by atoms with Crippen LogP contribution in [0.25, 0.3) is 0 Å². The van der Waals surface area contributed by atoms with E-state index in [2.05, 4.69) is 5.16 Å². The zero-order valence-electron chi connectivity index (χ0n) is 11.5. The SMILES string of the molecule is NC(=O)c1ccc(CO/N=C(/N)Cc2ccccc2)cc1. The van der Waals surface area contributed by atoms with Crippen LogP contribution in [0.1, 0.15) is 21.5 Å². The number of hydrogen-bond acceptors (Lipinski definition) is 3. The van der Waals surface area contributed by atoms with E-state index in [0.29, 0.717) is 17.8 Å². The first-order valence-corrected chi connectivity index (χ1v) is 6.52. The second-order valence-corrected chi connectivity index (χ2v) is 4.58. The third-order valence-corrected chi connectivity index (χ3v) is 2.88. The van der Waals surface area contributed by atoms with Crippen LogP contribution in [0.4, 0.5) is 0 Å². The lowest BCUT2D eigenvalue weighted by Crippen LogP contribution is -2.15. The summed E-state index contributed by atoms with van der Waals surface area (Å²) in [6.45, 7) is 0.286. The van der Waals surface area contributed by atoms with Gasteiger partial charge < -0.3 is 16.3 Å². The van der Waals surface area contributed by atoms with E-state index in [1.165, 1.54) is 0 Å². The molecule has 108 valence electrons. The molecule has 0 spiro atoms. The molecule has 1 amide bonds. The van der Waals surface area contributed by atoms with Gasteiger partial charge in [0, 0.05) is 12.0 Å². The second-order valence-electron chi connectivity index (χ2n) is 4.58. The summed E-state index contributed by atoms with van der Waals surface area (Å²) in [5, 5.41) is 3.88. The minimum absolute atomic E-state index is 0.286. The maximum absolute atomic E-state index is 10.9. The van der Waals surface area contributed by atoms with E-state index in [-0.39, 0.29) is 6.61 Å². The number of rotatable bonds is 6. The number of amides is 1. The zero-order valence-corrected chi connectivity index (χ0v) is 11.5. The third kappa shape index (κ3) is 4.65. The van der Waals surface area contributed by atoms with Gasteiger partial charge in [-0.1, -0.05) is 47.6 Å². The fourth-order valence-corrected chi connectivity index (χ4v) is 1.79. The molecule has 0 aromatic heterocycles. The Kier molecular flexibility index (Phi) is 4.93. The fourth-order valence-electron chi connectivity index (χ4n) is 1.79. The molecule has 0 saturated carbocycles. The average molecular weight is 283 g/mol. The van der Waals surface area contributed by atoms with Crippen LogP contribution in [0.3, 0.4) is 0 Å². The lowest BCUT2D eigenvalue weighted by atomic mass is 10.1. The number of carbonyl (C=O) groups excluding carboxylic acids is 1. The Balaban J connectivity index is 1.85. The Morgan fingerprint density at radius 3 is 2.24 bits per heavy atom. The molecule has 0 fully saturated rings. The van der Waals surface area contributed by atoms with E-state index in [1.54, 1.807) is 24.3 Å². The first kappa shape index (κ1) is 14.6. The first-order valence-electron chi connectivity index (χ1n) is 6.52. The molecular weight excluding hydrogens is 266 g/mol. The van der Waals surface area contributed by atoms with Crippen LogP contribution < -0.4 is 11.5 Å². The van der Waals surface area contributed by atoms with Crippen LogP contribution in [0, 0.1) is 0 Å². The molecule has 0 atom stereocenters. The molecule has 0 aliphatic rings. The first-order chi connectivity index (χ1) is 10.1. The van der Waals surface area contributed by atoms with Gasteiger partial charge in [-0.05, 0) is 23.3 Å². The van der Waals surface area contributed by atoms with E-state index in [4.69, 9.17) is 16.3 Å². The molecule has 4 N–H and O–H groups in total. The molecule has 0 radical (unpaired) electrons. The monoisotopic (exact) mass is 283 g/mol. The van der Waals surface area contributed by atoms with Crippen molar-refractivity contribution in [1.82, 2.24) is 0 Å². The molecule has 0 heterocycles. The number of nitrogens with zero attached hydrogens (tertiary/aromatic N) is 1. The summed E-state index contributed by atoms with van der Waals surface area (Å²) in [5.41, 5.74) is 13.4. The summed E-state index contributed by atoms with van der Waals surface area (Å²) in [5.74, 6) is -0.0393. The van der Waals surface area contributed by atoms with Crippen molar-refractivity contribution in [1.29, 1.82) is 0 Å². The van der Waals surface area contributed by atoms with Gasteiger partial charge in [0.15, 0.2) is 0 Å². The highest BCUT2D eigenvalue weighted by atomic mass is 16.6. The van der Waals surface area contributed by atoms with E-state index in [9.17, 15) is 4.79 Å². The van der Waals surface area contributed by atoms with E-state index < -0.39 is 5.91 Å². The third-order valence-electron chi connectivity index (χ3n) is 2.88. The van der Waals surface area contributed by atoms with E-state index >= 15 is 0 Å². The standard InChI is InChI=1S/C16H17N3O2/c17-15(10-12-4-2-1-3-5-12)19-21-11-13-6-8-14(9-7-13)16(18)20/h1-9H,10-11H2,(H2,17,19)(H2,18,20). The van der Waals surface area contributed by atoms with Gasteiger partial charge in [0.05, 0.1) is 0 Å². The smallest absolute Gasteiger partial charge is 0.248 e. The highest BCUT2D eigenvalue weighted by Gasteiger charge is 2.00. The quantitative estimate of drug-likeness (QED) is 0.481. The summed E-state index contributed by atoms with van der Waals surface area (Å²) in [6.07, 6.45) is 0.543. The van der Waals surface area contributed by atoms with Crippen molar-refractivity contribution in [2.75, 3.05) is 0 Å². The Labute approximate surface area is 123 Å². The minimum Gasteiger partial charge on any atom is -0.390 e. The van der Waals surface area contributed by atoms with Crippen LogP contribution in [0.2, 0.25) is 0 Å². The normalized spacial score (nSPS) is 11.1. The lowest BCUT2D eigenvalue weighted by Gasteiger charge is -2.03. The Morgan fingerprint density at radius 1 is 0.952 bits per heavy atom. The van der Waals surface area contributed by atoms with Crippen molar-refractivity contribution in [3.05, 3.63) is 71.3 Å². The predicted octanol–water partition coefficient (Wildman–Crippen LogP) is 1.82. The Bertz CT molecular complexity index is 622. The summed E-state index contributed by atoms with van der Waals surface area (Å²) in [4.78, 5) is 16.1. The molecule has 2 aromatic rings. The zero-order chi connectivity index (χ0) is 15.1. The van der Waals surface area contributed by atoms with Gasteiger partial charge in [0.1, 0.15) is 12.4 Å². The summed E-state index contributed by atoms with van der Waals surface area (Å²) in [6, 6.07) is 16.6. The number of nitrogens with two attached hydrogens (primary N) is 2.